The Morgan fingerprint density at radius 1 is 1.00 bits per heavy atom. The van der Waals surface area contributed by atoms with Gasteiger partial charge in [-0.05, 0) is 67.4 Å². The van der Waals surface area contributed by atoms with Gasteiger partial charge in [-0.25, -0.2) is 0 Å². The van der Waals surface area contributed by atoms with Crippen LogP contribution < -0.4 is 5.32 Å². The molecule has 1 aromatic heterocycles. The number of amides is 1. The zero-order chi connectivity index (χ0) is 18.1. The Kier molecular flexibility index (Phi) is 5.23. The lowest BCUT2D eigenvalue weighted by Gasteiger charge is -2.11. The summed E-state index contributed by atoms with van der Waals surface area (Å²) in [5, 5.41) is 3.81. The molecule has 0 bridgehead atoms. The molecule has 0 aliphatic heterocycles. The lowest BCUT2D eigenvalue weighted by Crippen LogP contribution is -2.13. The minimum Gasteiger partial charge on any atom is -0.451 e. The molecule has 3 nitrogen and oxygen atoms in total. The Morgan fingerprint density at radius 2 is 1.68 bits per heavy atom. The fraction of sp³-hybridized carbons (Fsp3) is 0.105. The van der Waals surface area contributed by atoms with Crippen molar-refractivity contribution >= 4 is 50.7 Å². The van der Waals surface area contributed by atoms with Crippen LogP contribution in [-0.2, 0) is 0 Å². The van der Waals surface area contributed by atoms with Crippen molar-refractivity contribution in [2.75, 3.05) is 5.32 Å². The van der Waals surface area contributed by atoms with Gasteiger partial charge in [-0.1, -0.05) is 39.1 Å². The first kappa shape index (κ1) is 18.1. The van der Waals surface area contributed by atoms with E-state index in [1.165, 1.54) is 0 Å². The van der Waals surface area contributed by atoms with Gasteiger partial charge < -0.3 is 9.73 Å². The third-order valence-electron chi connectivity index (χ3n) is 3.77. The van der Waals surface area contributed by atoms with Crippen LogP contribution in [0.2, 0.25) is 10.0 Å². The van der Waals surface area contributed by atoms with E-state index < -0.39 is 0 Å². The van der Waals surface area contributed by atoms with Crippen molar-refractivity contribution in [3.8, 4) is 11.3 Å². The predicted octanol–water partition coefficient (Wildman–Crippen LogP) is 6.89. The number of furan rings is 1. The van der Waals surface area contributed by atoms with Gasteiger partial charge in [-0.15, -0.1) is 0 Å². The third kappa shape index (κ3) is 3.92. The number of carbonyl (C=O) groups excluding carboxylic acids is 1. The highest BCUT2D eigenvalue weighted by Gasteiger charge is 2.15. The first-order valence-corrected chi connectivity index (χ1v) is 9.03. The average Bonchev–Trinajstić information content (AvgIpc) is 3.03. The maximum Gasteiger partial charge on any atom is 0.291 e. The average molecular weight is 439 g/mol. The maximum absolute atomic E-state index is 12.5. The molecule has 128 valence electrons. The molecule has 0 saturated carbocycles. The van der Waals surface area contributed by atoms with Crippen molar-refractivity contribution in [2.24, 2.45) is 0 Å². The Morgan fingerprint density at radius 3 is 2.32 bits per heavy atom. The van der Waals surface area contributed by atoms with E-state index in [0.717, 1.165) is 26.9 Å². The summed E-state index contributed by atoms with van der Waals surface area (Å²) >= 11 is 15.4. The number of benzene rings is 2. The summed E-state index contributed by atoms with van der Waals surface area (Å²) in [6.07, 6.45) is 0. The van der Waals surface area contributed by atoms with Crippen molar-refractivity contribution in [1.29, 1.82) is 0 Å². The first-order chi connectivity index (χ1) is 11.8. The molecular weight excluding hydrogens is 425 g/mol. The van der Waals surface area contributed by atoms with Crippen LogP contribution in [0, 0.1) is 13.8 Å². The number of rotatable bonds is 3. The monoisotopic (exact) mass is 437 g/mol. The van der Waals surface area contributed by atoms with Gasteiger partial charge in [0.1, 0.15) is 5.76 Å². The highest BCUT2D eigenvalue weighted by molar-refractivity contribution is 9.10. The van der Waals surface area contributed by atoms with Gasteiger partial charge in [-0.3, -0.25) is 4.79 Å². The van der Waals surface area contributed by atoms with E-state index in [1.807, 2.05) is 26.0 Å². The van der Waals surface area contributed by atoms with Crippen LogP contribution in [0.4, 0.5) is 5.69 Å². The second kappa shape index (κ2) is 7.24. The Labute approximate surface area is 164 Å². The quantitative estimate of drug-likeness (QED) is 0.483. The van der Waals surface area contributed by atoms with Crippen LogP contribution in [-0.4, -0.2) is 5.91 Å². The molecule has 6 heteroatoms. The van der Waals surface area contributed by atoms with Crippen LogP contribution >= 0.6 is 39.1 Å². The van der Waals surface area contributed by atoms with Gasteiger partial charge in [0.15, 0.2) is 5.76 Å². The summed E-state index contributed by atoms with van der Waals surface area (Å²) in [6, 6.07) is 12.4. The molecule has 0 fully saturated rings. The lowest BCUT2D eigenvalue weighted by atomic mass is 10.1. The van der Waals surface area contributed by atoms with E-state index >= 15 is 0 Å². The topological polar surface area (TPSA) is 42.2 Å². The second-order valence-electron chi connectivity index (χ2n) is 5.66. The van der Waals surface area contributed by atoms with Crippen molar-refractivity contribution < 1.29 is 9.21 Å². The van der Waals surface area contributed by atoms with Crippen LogP contribution in [0.1, 0.15) is 21.7 Å². The number of carbonyl (C=O) groups is 1. The number of hydrogen-bond donors (Lipinski definition) is 1. The van der Waals surface area contributed by atoms with Crippen LogP contribution in [0.5, 0.6) is 0 Å². The van der Waals surface area contributed by atoms with Gasteiger partial charge >= 0.3 is 0 Å². The first-order valence-electron chi connectivity index (χ1n) is 7.48. The van der Waals surface area contributed by atoms with Gasteiger partial charge in [0, 0.05) is 15.7 Å². The Balaban J connectivity index is 1.85. The predicted molar refractivity (Wildman–Crippen MR) is 106 cm³/mol. The van der Waals surface area contributed by atoms with Gasteiger partial charge in [0.25, 0.3) is 5.91 Å². The molecule has 0 saturated heterocycles. The minimum absolute atomic E-state index is 0.225. The largest absolute Gasteiger partial charge is 0.451 e. The summed E-state index contributed by atoms with van der Waals surface area (Å²) in [5.41, 5.74) is 3.47. The summed E-state index contributed by atoms with van der Waals surface area (Å²) in [7, 11) is 0. The van der Waals surface area contributed by atoms with Crippen molar-refractivity contribution in [2.45, 2.75) is 13.8 Å². The Hall–Kier alpha value is -1.75. The van der Waals surface area contributed by atoms with E-state index in [0.29, 0.717) is 15.8 Å². The van der Waals surface area contributed by atoms with Crippen LogP contribution in [0.25, 0.3) is 11.3 Å². The molecular formula is C19H14BrCl2NO2. The van der Waals surface area contributed by atoms with Gasteiger partial charge in [0.05, 0.1) is 10.0 Å². The van der Waals surface area contributed by atoms with Gasteiger partial charge in [-0.2, -0.15) is 0 Å². The normalized spacial score (nSPS) is 10.8. The highest BCUT2D eigenvalue weighted by atomic mass is 79.9. The lowest BCUT2D eigenvalue weighted by molar-refractivity contribution is 0.0997. The zero-order valence-electron chi connectivity index (χ0n) is 13.5. The van der Waals surface area contributed by atoms with E-state index in [1.54, 1.807) is 30.3 Å². The molecule has 0 aliphatic carbocycles. The standard InChI is InChI=1S/C19H14BrCl2NO2/c1-10-7-13(20)8-11(2)18(10)23-19(24)17-6-5-16(25-17)12-3-4-14(21)15(22)9-12/h3-9H,1-2H3,(H,23,24). The molecule has 0 spiro atoms. The second-order valence-corrected chi connectivity index (χ2v) is 7.39. The molecule has 3 aromatic rings. The number of hydrogen-bond acceptors (Lipinski definition) is 2. The molecule has 0 unspecified atom stereocenters. The molecule has 3 rings (SSSR count). The maximum atomic E-state index is 12.5. The molecule has 0 radical (unpaired) electrons. The molecule has 0 atom stereocenters. The van der Waals surface area contributed by atoms with E-state index in [2.05, 4.69) is 21.2 Å². The van der Waals surface area contributed by atoms with E-state index in [-0.39, 0.29) is 11.7 Å². The molecule has 1 heterocycles. The van der Waals surface area contributed by atoms with Crippen molar-refractivity contribution in [3.05, 3.63) is 73.9 Å². The number of halogens is 3. The molecule has 2 aromatic carbocycles. The van der Waals surface area contributed by atoms with Crippen LogP contribution in [0.3, 0.4) is 0 Å². The Bertz CT molecular complexity index is 943. The summed E-state index contributed by atoms with van der Waals surface area (Å²) in [5.74, 6) is 0.468. The molecule has 1 amide bonds. The molecule has 25 heavy (non-hydrogen) atoms. The van der Waals surface area contributed by atoms with Crippen molar-refractivity contribution in [3.63, 3.8) is 0 Å². The zero-order valence-corrected chi connectivity index (χ0v) is 16.6. The highest BCUT2D eigenvalue weighted by Crippen LogP contribution is 2.30. The third-order valence-corrected chi connectivity index (χ3v) is 4.97. The number of anilines is 1. The van der Waals surface area contributed by atoms with Crippen LogP contribution in [0.15, 0.2) is 51.4 Å². The van der Waals surface area contributed by atoms with E-state index in [9.17, 15) is 4.79 Å². The number of aryl methyl sites for hydroxylation is 2. The molecule has 0 aliphatic rings. The summed E-state index contributed by atoms with van der Waals surface area (Å²) in [6.45, 7) is 3.88. The number of nitrogens with one attached hydrogen (secondary N) is 1. The minimum atomic E-state index is -0.306. The van der Waals surface area contributed by atoms with Crippen molar-refractivity contribution in [1.82, 2.24) is 0 Å². The summed E-state index contributed by atoms with van der Waals surface area (Å²) in [4.78, 5) is 12.5. The van der Waals surface area contributed by atoms with Gasteiger partial charge in [0.2, 0.25) is 0 Å². The summed E-state index contributed by atoms with van der Waals surface area (Å²) < 4.78 is 6.65. The fourth-order valence-corrected chi connectivity index (χ4v) is 3.53. The molecule has 1 N–H and O–H groups in total. The van der Waals surface area contributed by atoms with E-state index in [4.69, 9.17) is 27.6 Å². The SMILES string of the molecule is Cc1cc(Br)cc(C)c1NC(=O)c1ccc(-c2ccc(Cl)c(Cl)c2)o1. The smallest absolute Gasteiger partial charge is 0.291 e. The fourth-order valence-electron chi connectivity index (χ4n) is 2.55.